The molecule has 1 aliphatic heterocycles. The van der Waals surface area contributed by atoms with Crippen LogP contribution in [0.15, 0.2) is 59.3 Å². The first-order valence-corrected chi connectivity index (χ1v) is 12.9. The molecule has 4 aromatic rings. The number of rotatable bonds is 5. The second kappa shape index (κ2) is 9.20. The van der Waals surface area contributed by atoms with Gasteiger partial charge in [-0.05, 0) is 67.1 Å². The van der Waals surface area contributed by atoms with E-state index in [4.69, 9.17) is 0 Å². The van der Waals surface area contributed by atoms with E-state index in [1.807, 2.05) is 0 Å². The monoisotopic (exact) mass is 506 g/mol. The number of piperidine rings is 1. The zero-order valence-corrected chi connectivity index (χ0v) is 20.8. The third-order valence-electron chi connectivity index (χ3n) is 6.29. The van der Waals surface area contributed by atoms with E-state index in [2.05, 4.69) is 98.5 Å². The van der Waals surface area contributed by atoms with Crippen LogP contribution in [0.1, 0.15) is 31.6 Å². The van der Waals surface area contributed by atoms with Gasteiger partial charge in [-0.15, -0.1) is 11.3 Å². The summed E-state index contributed by atoms with van der Waals surface area (Å²) in [6.07, 6.45) is 5.18. The van der Waals surface area contributed by atoms with E-state index in [-0.39, 0.29) is 0 Å². The number of nitrogens with zero attached hydrogens (tertiary/aromatic N) is 3. The lowest BCUT2D eigenvalue weighted by Gasteiger charge is -2.32. The molecule has 0 atom stereocenters. The molecular formula is C26H27BrN4S. The summed E-state index contributed by atoms with van der Waals surface area (Å²) in [5.41, 5.74) is 4.78. The van der Waals surface area contributed by atoms with E-state index < -0.39 is 0 Å². The number of thiophene rings is 1. The van der Waals surface area contributed by atoms with Crippen LogP contribution >= 0.6 is 27.3 Å². The van der Waals surface area contributed by atoms with Gasteiger partial charge in [-0.3, -0.25) is 0 Å². The maximum absolute atomic E-state index is 4.64. The molecule has 3 heterocycles. The Labute approximate surface area is 201 Å². The number of halogens is 1. The smallest absolute Gasteiger partial charge is 0.143 e. The molecule has 0 amide bonds. The molecule has 0 spiro atoms. The van der Waals surface area contributed by atoms with Gasteiger partial charge in [0.2, 0.25) is 0 Å². The summed E-state index contributed by atoms with van der Waals surface area (Å²) in [4.78, 5) is 14.1. The third-order valence-corrected chi connectivity index (χ3v) is 8.06. The van der Waals surface area contributed by atoms with Crippen molar-refractivity contribution in [3.05, 3.63) is 64.2 Å². The Bertz CT molecular complexity index is 1210. The van der Waals surface area contributed by atoms with Crippen LogP contribution in [-0.4, -0.2) is 23.1 Å². The van der Waals surface area contributed by atoms with Gasteiger partial charge in [0, 0.05) is 39.4 Å². The third kappa shape index (κ3) is 4.26. The Balaban J connectivity index is 1.48. The van der Waals surface area contributed by atoms with E-state index in [1.165, 1.54) is 34.5 Å². The van der Waals surface area contributed by atoms with Gasteiger partial charge in [-0.2, -0.15) is 0 Å². The topological polar surface area (TPSA) is 41.1 Å². The highest BCUT2D eigenvalue weighted by atomic mass is 79.9. The molecule has 0 aliphatic carbocycles. The fraction of sp³-hybridized carbons (Fsp3) is 0.308. The predicted molar refractivity (Wildman–Crippen MR) is 140 cm³/mol. The molecule has 164 valence electrons. The lowest BCUT2D eigenvalue weighted by Crippen LogP contribution is -2.32. The van der Waals surface area contributed by atoms with Crippen LogP contribution in [0.25, 0.3) is 21.3 Å². The number of benzene rings is 2. The van der Waals surface area contributed by atoms with E-state index in [1.54, 1.807) is 17.7 Å². The zero-order valence-electron chi connectivity index (χ0n) is 18.4. The lowest BCUT2D eigenvalue weighted by molar-refractivity contribution is 0.438. The number of aromatic nitrogens is 2. The largest absolute Gasteiger partial charge is 0.372 e. The number of anilines is 3. The summed E-state index contributed by atoms with van der Waals surface area (Å²) in [6.45, 7) is 6.84. The normalized spacial score (nSPS) is 14.8. The van der Waals surface area contributed by atoms with Gasteiger partial charge in [-0.1, -0.05) is 41.9 Å². The molecule has 2 aromatic heterocycles. The van der Waals surface area contributed by atoms with Gasteiger partial charge in [0.25, 0.3) is 0 Å². The Kier molecular flexibility index (Phi) is 6.15. The predicted octanol–water partition coefficient (Wildman–Crippen LogP) is 7.66. The standard InChI is InChI=1S/C26H27BrN4S/c1-3-22-23(18-4-6-19(27)7-5-18)24-25(28-16-29-26(24)32-22)30-20-8-10-21(11-9-20)31-14-12-17(2)13-15-31/h4-11,16-17H,3,12-15H2,1-2H3,(H,28,29,30). The average Bonchev–Trinajstić information content (AvgIpc) is 3.20. The lowest BCUT2D eigenvalue weighted by atomic mass is 9.99. The molecule has 5 rings (SSSR count). The fourth-order valence-electron chi connectivity index (χ4n) is 4.40. The molecule has 6 heteroatoms. The van der Waals surface area contributed by atoms with Crippen molar-refractivity contribution in [3.63, 3.8) is 0 Å². The van der Waals surface area contributed by atoms with E-state index in [0.29, 0.717) is 0 Å². The molecule has 0 unspecified atom stereocenters. The first-order valence-electron chi connectivity index (χ1n) is 11.3. The Hall–Kier alpha value is -2.44. The Morgan fingerprint density at radius 3 is 2.44 bits per heavy atom. The first-order chi connectivity index (χ1) is 15.6. The van der Waals surface area contributed by atoms with E-state index in [0.717, 1.165) is 51.6 Å². The van der Waals surface area contributed by atoms with Crippen molar-refractivity contribution in [1.29, 1.82) is 0 Å². The van der Waals surface area contributed by atoms with Crippen LogP contribution in [0, 0.1) is 5.92 Å². The Morgan fingerprint density at radius 1 is 1.03 bits per heavy atom. The van der Waals surface area contributed by atoms with Gasteiger partial charge < -0.3 is 10.2 Å². The molecule has 1 saturated heterocycles. The molecular weight excluding hydrogens is 480 g/mol. The second-order valence-electron chi connectivity index (χ2n) is 8.50. The molecule has 32 heavy (non-hydrogen) atoms. The minimum Gasteiger partial charge on any atom is -0.372 e. The van der Waals surface area contributed by atoms with Crippen molar-refractivity contribution >= 4 is 54.7 Å². The summed E-state index contributed by atoms with van der Waals surface area (Å²) < 4.78 is 1.08. The highest BCUT2D eigenvalue weighted by molar-refractivity contribution is 9.10. The van der Waals surface area contributed by atoms with Crippen molar-refractivity contribution in [3.8, 4) is 11.1 Å². The maximum Gasteiger partial charge on any atom is 0.143 e. The molecule has 0 radical (unpaired) electrons. The molecule has 0 bridgehead atoms. The summed E-state index contributed by atoms with van der Waals surface area (Å²) in [5.74, 6) is 1.70. The highest BCUT2D eigenvalue weighted by Crippen LogP contribution is 2.42. The number of hydrogen-bond donors (Lipinski definition) is 1. The molecule has 2 aromatic carbocycles. The van der Waals surface area contributed by atoms with Gasteiger partial charge in [0.1, 0.15) is 17.0 Å². The van der Waals surface area contributed by atoms with Crippen molar-refractivity contribution in [2.24, 2.45) is 5.92 Å². The van der Waals surface area contributed by atoms with Crippen LogP contribution in [-0.2, 0) is 6.42 Å². The quantitative estimate of drug-likeness (QED) is 0.301. The highest BCUT2D eigenvalue weighted by Gasteiger charge is 2.19. The maximum atomic E-state index is 4.64. The van der Waals surface area contributed by atoms with E-state index in [9.17, 15) is 0 Å². The van der Waals surface area contributed by atoms with Crippen LogP contribution in [0.5, 0.6) is 0 Å². The molecule has 1 N–H and O–H groups in total. The number of fused-ring (bicyclic) bond motifs is 1. The minimum atomic E-state index is 0.839. The summed E-state index contributed by atoms with van der Waals surface area (Å²) in [5, 5.41) is 4.67. The fourth-order valence-corrected chi connectivity index (χ4v) is 5.77. The number of hydrogen-bond acceptors (Lipinski definition) is 5. The van der Waals surface area contributed by atoms with Gasteiger partial charge in [-0.25, -0.2) is 9.97 Å². The molecule has 1 fully saturated rings. The van der Waals surface area contributed by atoms with Crippen molar-refractivity contribution in [2.45, 2.75) is 33.1 Å². The molecule has 1 aliphatic rings. The summed E-state index contributed by atoms with van der Waals surface area (Å²) in [7, 11) is 0. The zero-order chi connectivity index (χ0) is 22.1. The molecule has 0 saturated carbocycles. The number of aryl methyl sites for hydroxylation is 1. The first kappa shape index (κ1) is 21.4. The minimum absolute atomic E-state index is 0.839. The van der Waals surface area contributed by atoms with Gasteiger partial charge in [0.05, 0.1) is 5.39 Å². The van der Waals surface area contributed by atoms with Crippen LogP contribution in [0.3, 0.4) is 0 Å². The van der Waals surface area contributed by atoms with Gasteiger partial charge >= 0.3 is 0 Å². The van der Waals surface area contributed by atoms with Gasteiger partial charge in [0.15, 0.2) is 0 Å². The second-order valence-corrected chi connectivity index (χ2v) is 10.5. The Morgan fingerprint density at radius 2 is 1.75 bits per heavy atom. The average molecular weight is 508 g/mol. The van der Waals surface area contributed by atoms with Crippen molar-refractivity contribution in [1.82, 2.24) is 9.97 Å². The molecule has 4 nitrogen and oxygen atoms in total. The van der Waals surface area contributed by atoms with Crippen molar-refractivity contribution < 1.29 is 0 Å². The van der Waals surface area contributed by atoms with E-state index >= 15 is 0 Å². The SMILES string of the molecule is CCc1sc2ncnc(Nc3ccc(N4CCC(C)CC4)cc3)c2c1-c1ccc(Br)cc1. The van der Waals surface area contributed by atoms with Crippen LogP contribution in [0.2, 0.25) is 0 Å². The summed E-state index contributed by atoms with van der Waals surface area (Å²) >= 11 is 5.31. The number of nitrogens with one attached hydrogen (secondary N) is 1. The van der Waals surface area contributed by atoms with Crippen LogP contribution in [0.4, 0.5) is 17.2 Å². The van der Waals surface area contributed by atoms with Crippen LogP contribution < -0.4 is 10.2 Å². The summed E-state index contributed by atoms with van der Waals surface area (Å²) in [6, 6.07) is 17.3. The van der Waals surface area contributed by atoms with Crippen molar-refractivity contribution in [2.75, 3.05) is 23.3 Å².